The van der Waals surface area contributed by atoms with Crippen LogP contribution < -0.4 is 10.2 Å². The number of nitrogens with one attached hydrogen (secondary N) is 1. The van der Waals surface area contributed by atoms with Crippen molar-refractivity contribution in [2.45, 2.75) is 44.2 Å². The van der Waals surface area contributed by atoms with Crippen LogP contribution in [0.1, 0.15) is 32.1 Å². The van der Waals surface area contributed by atoms with Crippen LogP contribution in [0, 0.1) is 0 Å². The van der Waals surface area contributed by atoms with Crippen LogP contribution in [0.4, 0.5) is 5.69 Å². The lowest BCUT2D eigenvalue weighted by molar-refractivity contribution is 0.280. The summed E-state index contributed by atoms with van der Waals surface area (Å²) in [4.78, 5) is 6.55. The van der Waals surface area contributed by atoms with E-state index in [1.165, 1.54) is 50.9 Å². The van der Waals surface area contributed by atoms with Gasteiger partial charge >= 0.3 is 0 Å². The summed E-state index contributed by atoms with van der Waals surface area (Å²) in [5, 5.41) is 3.79. The molecule has 3 heteroatoms. The quantitative estimate of drug-likeness (QED) is 0.864. The molecule has 0 amide bonds. The first-order valence-electron chi connectivity index (χ1n) is 6.83. The third-order valence-electron chi connectivity index (χ3n) is 4.10. The Labute approximate surface area is 103 Å². The van der Waals surface area contributed by atoms with E-state index >= 15 is 0 Å². The highest BCUT2D eigenvalue weighted by molar-refractivity contribution is 5.44. The summed E-state index contributed by atoms with van der Waals surface area (Å²) < 4.78 is 0. The van der Waals surface area contributed by atoms with Crippen LogP contribution in [-0.4, -0.2) is 30.2 Å². The number of hydrogen-bond donors (Lipinski definition) is 1. The van der Waals surface area contributed by atoms with E-state index in [2.05, 4.69) is 27.3 Å². The van der Waals surface area contributed by atoms with Gasteiger partial charge < -0.3 is 10.2 Å². The fourth-order valence-corrected chi connectivity index (χ4v) is 2.77. The summed E-state index contributed by atoms with van der Waals surface area (Å²) in [6, 6.07) is 5.80. The lowest BCUT2D eigenvalue weighted by atomic mass is 9.91. The highest BCUT2D eigenvalue weighted by Crippen LogP contribution is 2.23. The fraction of sp³-hybridized carbons (Fsp3) is 0.643. The van der Waals surface area contributed by atoms with Crippen LogP contribution in [0.15, 0.2) is 24.5 Å². The first-order valence-corrected chi connectivity index (χ1v) is 6.83. The van der Waals surface area contributed by atoms with Gasteiger partial charge in [-0.1, -0.05) is 6.42 Å². The molecule has 0 bridgehead atoms. The Bertz CT molecular complexity index is 340. The number of piperidine rings is 1. The van der Waals surface area contributed by atoms with Crippen molar-refractivity contribution in [1.29, 1.82) is 0 Å². The maximum Gasteiger partial charge on any atom is 0.0397 e. The van der Waals surface area contributed by atoms with Crippen molar-refractivity contribution in [2.24, 2.45) is 0 Å². The van der Waals surface area contributed by atoms with Crippen LogP contribution in [0.25, 0.3) is 0 Å². The first-order chi connectivity index (χ1) is 8.42. The topological polar surface area (TPSA) is 28.2 Å². The van der Waals surface area contributed by atoms with Crippen molar-refractivity contribution in [3.63, 3.8) is 0 Å². The molecule has 2 heterocycles. The average Bonchev–Trinajstić information content (AvgIpc) is 2.36. The molecule has 1 N–H and O–H groups in total. The number of hydrogen-bond acceptors (Lipinski definition) is 3. The van der Waals surface area contributed by atoms with Gasteiger partial charge in [0, 0.05) is 43.3 Å². The summed E-state index contributed by atoms with van der Waals surface area (Å²) in [6.45, 7) is 2.35. The van der Waals surface area contributed by atoms with E-state index < -0.39 is 0 Å². The van der Waals surface area contributed by atoms with Crippen molar-refractivity contribution < 1.29 is 0 Å². The zero-order valence-corrected chi connectivity index (χ0v) is 10.3. The van der Waals surface area contributed by atoms with Gasteiger partial charge in [-0.3, -0.25) is 4.98 Å². The lowest BCUT2D eigenvalue weighted by Gasteiger charge is -2.38. The van der Waals surface area contributed by atoms with E-state index in [0.29, 0.717) is 0 Å². The fourth-order valence-electron chi connectivity index (χ4n) is 2.77. The zero-order valence-electron chi connectivity index (χ0n) is 10.3. The van der Waals surface area contributed by atoms with Crippen LogP contribution in [0.3, 0.4) is 0 Å². The molecule has 1 saturated carbocycles. The predicted molar refractivity (Wildman–Crippen MR) is 70.2 cm³/mol. The van der Waals surface area contributed by atoms with E-state index in [-0.39, 0.29) is 0 Å². The number of aromatic nitrogens is 1. The predicted octanol–water partition coefficient (Wildman–Crippen LogP) is 2.19. The standard InChI is InChI=1S/C14H21N3/c1-2-12(3-1)16-13-6-10-17(11-7-13)14-4-8-15-9-5-14/h4-5,8-9,12-13,16H,1-3,6-7,10-11H2. The van der Waals surface area contributed by atoms with Gasteiger partial charge in [0.1, 0.15) is 0 Å². The highest BCUT2D eigenvalue weighted by atomic mass is 15.2. The van der Waals surface area contributed by atoms with Crippen molar-refractivity contribution in [2.75, 3.05) is 18.0 Å². The summed E-state index contributed by atoms with van der Waals surface area (Å²) in [5.74, 6) is 0. The van der Waals surface area contributed by atoms with Gasteiger partial charge in [-0.05, 0) is 37.8 Å². The van der Waals surface area contributed by atoms with Crippen molar-refractivity contribution in [3.05, 3.63) is 24.5 Å². The monoisotopic (exact) mass is 231 g/mol. The van der Waals surface area contributed by atoms with E-state index in [4.69, 9.17) is 0 Å². The van der Waals surface area contributed by atoms with Crippen LogP contribution in [0.5, 0.6) is 0 Å². The minimum Gasteiger partial charge on any atom is -0.371 e. The Morgan fingerprint density at radius 3 is 2.24 bits per heavy atom. The Balaban J connectivity index is 1.50. The number of rotatable bonds is 3. The molecule has 3 nitrogen and oxygen atoms in total. The number of nitrogens with zero attached hydrogens (tertiary/aromatic N) is 2. The molecule has 2 fully saturated rings. The zero-order chi connectivity index (χ0) is 11.5. The summed E-state index contributed by atoms with van der Waals surface area (Å²) in [5.41, 5.74) is 1.32. The van der Waals surface area contributed by atoms with Crippen LogP contribution in [0.2, 0.25) is 0 Å². The second kappa shape index (κ2) is 5.05. The van der Waals surface area contributed by atoms with Gasteiger partial charge in [0.15, 0.2) is 0 Å². The average molecular weight is 231 g/mol. The van der Waals surface area contributed by atoms with Crippen LogP contribution in [-0.2, 0) is 0 Å². The second-order valence-corrected chi connectivity index (χ2v) is 5.26. The second-order valence-electron chi connectivity index (χ2n) is 5.26. The Hall–Kier alpha value is -1.09. The molecule has 92 valence electrons. The first kappa shape index (κ1) is 11.0. The van der Waals surface area contributed by atoms with Crippen molar-refractivity contribution in [3.8, 4) is 0 Å². The molecule has 17 heavy (non-hydrogen) atoms. The molecule has 1 aliphatic heterocycles. The van der Waals surface area contributed by atoms with E-state index in [1.807, 2.05) is 12.4 Å². The van der Waals surface area contributed by atoms with Gasteiger partial charge in [0.05, 0.1) is 0 Å². The minimum atomic E-state index is 0.749. The molecule has 1 aromatic rings. The molecule has 0 radical (unpaired) electrons. The van der Waals surface area contributed by atoms with Gasteiger partial charge in [0.2, 0.25) is 0 Å². The highest BCUT2D eigenvalue weighted by Gasteiger charge is 2.24. The summed E-state index contributed by atoms with van der Waals surface area (Å²) >= 11 is 0. The molecule has 1 aromatic heterocycles. The van der Waals surface area contributed by atoms with E-state index in [0.717, 1.165) is 12.1 Å². The normalized spacial score (nSPS) is 22.5. The van der Waals surface area contributed by atoms with Gasteiger partial charge in [-0.2, -0.15) is 0 Å². The summed E-state index contributed by atoms with van der Waals surface area (Å²) in [7, 11) is 0. The molecular formula is C14H21N3. The smallest absolute Gasteiger partial charge is 0.0397 e. The Morgan fingerprint density at radius 1 is 1.00 bits per heavy atom. The molecule has 0 spiro atoms. The largest absolute Gasteiger partial charge is 0.371 e. The molecule has 3 rings (SSSR count). The molecule has 2 aliphatic rings. The lowest BCUT2D eigenvalue weighted by Crippen LogP contribution is -2.48. The molecule has 1 aliphatic carbocycles. The minimum absolute atomic E-state index is 0.749. The van der Waals surface area contributed by atoms with Gasteiger partial charge in [-0.25, -0.2) is 0 Å². The molecular weight excluding hydrogens is 210 g/mol. The molecule has 0 atom stereocenters. The molecule has 0 unspecified atom stereocenters. The Morgan fingerprint density at radius 2 is 1.65 bits per heavy atom. The SMILES string of the molecule is c1cc(N2CCC(NC3CCC3)CC2)ccn1. The van der Waals surface area contributed by atoms with Crippen molar-refractivity contribution in [1.82, 2.24) is 10.3 Å². The molecule has 0 aromatic carbocycles. The maximum atomic E-state index is 4.07. The van der Waals surface area contributed by atoms with Gasteiger partial charge in [-0.15, -0.1) is 0 Å². The number of anilines is 1. The third kappa shape index (κ3) is 2.60. The van der Waals surface area contributed by atoms with Crippen molar-refractivity contribution >= 4 is 5.69 Å². The summed E-state index contributed by atoms with van der Waals surface area (Å²) in [6.07, 6.45) is 10.5. The van der Waals surface area contributed by atoms with Gasteiger partial charge in [0.25, 0.3) is 0 Å². The molecule has 1 saturated heterocycles. The third-order valence-corrected chi connectivity index (χ3v) is 4.10. The number of pyridine rings is 1. The van der Waals surface area contributed by atoms with E-state index in [9.17, 15) is 0 Å². The maximum absolute atomic E-state index is 4.07. The Kier molecular flexibility index (Phi) is 3.27. The van der Waals surface area contributed by atoms with E-state index in [1.54, 1.807) is 0 Å². The van der Waals surface area contributed by atoms with Crippen LogP contribution >= 0.6 is 0 Å².